The van der Waals surface area contributed by atoms with Gasteiger partial charge in [-0.25, -0.2) is 0 Å². The fraction of sp³-hybridized carbons (Fsp3) is 0.200. The van der Waals surface area contributed by atoms with Gasteiger partial charge in [-0.2, -0.15) is 0 Å². The molecule has 0 heterocycles. The molecule has 2 heteroatoms. The summed E-state index contributed by atoms with van der Waals surface area (Å²) in [6.45, 7) is 3.09. The number of hydrogen-bond acceptors (Lipinski definition) is 1. The summed E-state index contributed by atoms with van der Waals surface area (Å²) in [5.74, 6) is 0. The van der Waals surface area contributed by atoms with E-state index in [0.29, 0.717) is 0 Å². The number of hydrogen-bond donors (Lipinski definition) is 1. The van der Waals surface area contributed by atoms with Crippen molar-refractivity contribution in [3.05, 3.63) is 70.2 Å². The van der Waals surface area contributed by atoms with Gasteiger partial charge in [-0.1, -0.05) is 65.3 Å². The van der Waals surface area contributed by atoms with E-state index < -0.39 is 0 Å². The van der Waals surface area contributed by atoms with Crippen LogP contribution in [0.5, 0.6) is 0 Å². The van der Waals surface area contributed by atoms with Crippen LogP contribution in [0.15, 0.2) is 59.1 Å². The second-order valence-electron chi connectivity index (χ2n) is 3.95. The van der Waals surface area contributed by atoms with Crippen molar-refractivity contribution in [1.82, 2.24) is 5.32 Å². The van der Waals surface area contributed by atoms with Crippen LogP contribution in [0.3, 0.4) is 0 Å². The van der Waals surface area contributed by atoms with Crippen LogP contribution in [0.1, 0.15) is 24.1 Å². The molecule has 0 spiro atoms. The lowest BCUT2D eigenvalue weighted by Crippen LogP contribution is -2.21. The molecule has 0 aliphatic heterocycles. The lowest BCUT2D eigenvalue weighted by Gasteiger charge is -2.19. The summed E-state index contributed by atoms with van der Waals surface area (Å²) < 4.78 is 1.12. The van der Waals surface area contributed by atoms with Crippen molar-refractivity contribution >= 4 is 15.9 Å². The Balaban J connectivity index is 2.32. The Bertz CT molecular complexity index is 450. The fourth-order valence-electron chi connectivity index (χ4n) is 1.93. The van der Waals surface area contributed by atoms with Crippen LogP contribution in [0, 0.1) is 0 Å². The van der Waals surface area contributed by atoms with Crippen LogP contribution in [0.4, 0.5) is 0 Å². The maximum absolute atomic E-state index is 3.52. The average molecular weight is 290 g/mol. The first-order chi connectivity index (χ1) is 8.31. The van der Waals surface area contributed by atoms with E-state index in [2.05, 4.69) is 76.7 Å². The summed E-state index contributed by atoms with van der Waals surface area (Å²) in [5.41, 5.74) is 2.60. The van der Waals surface area contributed by atoms with Gasteiger partial charge in [0, 0.05) is 4.47 Å². The van der Waals surface area contributed by atoms with Crippen molar-refractivity contribution in [2.24, 2.45) is 0 Å². The highest BCUT2D eigenvalue weighted by molar-refractivity contribution is 9.10. The van der Waals surface area contributed by atoms with E-state index in [0.717, 1.165) is 11.0 Å². The second kappa shape index (κ2) is 5.99. The summed E-state index contributed by atoms with van der Waals surface area (Å²) in [6, 6.07) is 19.3. The summed E-state index contributed by atoms with van der Waals surface area (Å²) in [7, 11) is 0. The molecule has 0 radical (unpaired) electrons. The van der Waals surface area contributed by atoms with E-state index in [1.165, 1.54) is 11.1 Å². The predicted octanol–water partition coefficient (Wildman–Crippen LogP) is 4.15. The SMILES string of the molecule is CCNC(c1ccccc1)c1ccc(Br)cc1. The molecule has 0 saturated carbocycles. The molecule has 1 nitrogen and oxygen atoms in total. The Labute approximate surface area is 111 Å². The van der Waals surface area contributed by atoms with Gasteiger partial charge in [0.05, 0.1) is 6.04 Å². The molecule has 2 rings (SSSR count). The molecule has 1 atom stereocenters. The molecule has 0 aliphatic carbocycles. The van der Waals surface area contributed by atoms with E-state index in [1.54, 1.807) is 0 Å². The van der Waals surface area contributed by atoms with E-state index in [1.807, 2.05) is 6.07 Å². The molecule has 2 aromatic rings. The van der Waals surface area contributed by atoms with Crippen LogP contribution in [0.2, 0.25) is 0 Å². The minimum Gasteiger partial charge on any atom is -0.307 e. The summed E-state index contributed by atoms with van der Waals surface area (Å²) in [5, 5.41) is 3.52. The third-order valence-electron chi connectivity index (χ3n) is 2.74. The first-order valence-electron chi connectivity index (χ1n) is 5.85. The van der Waals surface area contributed by atoms with Crippen LogP contribution in [-0.4, -0.2) is 6.54 Å². The number of nitrogens with one attached hydrogen (secondary N) is 1. The largest absolute Gasteiger partial charge is 0.307 e. The molecule has 1 N–H and O–H groups in total. The number of halogens is 1. The van der Waals surface area contributed by atoms with Crippen molar-refractivity contribution in [3.8, 4) is 0 Å². The highest BCUT2D eigenvalue weighted by Gasteiger charge is 2.11. The first kappa shape index (κ1) is 12.3. The zero-order chi connectivity index (χ0) is 12.1. The predicted molar refractivity (Wildman–Crippen MR) is 76.1 cm³/mol. The smallest absolute Gasteiger partial charge is 0.0576 e. The van der Waals surface area contributed by atoms with Gasteiger partial charge in [0.2, 0.25) is 0 Å². The van der Waals surface area contributed by atoms with Crippen molar-refractivity contribution < 1.29 is 0 Å². The Morgan fingerprint density at radius 3 is 2.12 bits per heavy atom. The molecule has 0 aliphatic rings. The zero-order valence-corrected chi connectivity index (χ0v) is 11.4. The quantitative estimate of drug-likeness (QED) is 0.892. The van der Waals surface area contributed by atoms with Gasteiger partial charge >= 0.3 is 0 Å². The number of rotatable bonds is 4. The van der Waals surface area contributed by atoms with Crippen LogP contribution >= 0.6 is 15.9 Å². The van der Waals surface area contributed by atoms with Gasteiger partial charge in [0.1, 0.15) is 0 Å². The zero-order valence-electron chi connectivity index (χ0n) is 9.86. The van der Waals surface area contributed by atoms with E-state index >= 15 is 0 Å². The Morgan fingerprint density at radius 1 is 0.941 bits per heavy atom. The third kappa shape index (κ3) is 3.18. The maximum atomic E-state index is 3.52. The van der Waals surface area contributed by atoms with Gasteiger partial charge in [-0.3, -0.25) is 0 Å². The second-order valence-corrected chi connectivity index (χ2v) is 4.87. The molecule has 0 saturated heterocycles. The average Bonchev–Trinajstić information content (AvgIpc) is 2.38. The molecular weight excluding hydrogens is 274 g/mol. The lowest BCUT2D eigenvalue weighted by molar-refractivity contribution is 0.630. The topological polar surface area (TPSA) is 12.0 Å². The van der Waals surface area contributed by atoms with Gasteiger partial charge in [-0.15, -0.1) is 0 Å². The van der Waals surface area contributed by atoms with Crippen LogP contribution < -0.4 is 5.32 Å². The standard InChI is InChI=1S/C15H16BrN/c1-2-17-15(12-6-4-3-5-7-12)13-8-10-14(16)11-9-13/h3-11,15,17H,2H2,1H3. The molecule has 0 amide bonds. The van der Waals surface area contributed by atoms with Crippen molar-refractivity contribution in [2.75, 3.05) is 6.54 Å². The lowest BCUT2D eigenvalue weighted by atomic mass is 9.99. The van der Waals surface area contributed by atoms with Crippen molar-refractivity contribution in [3.63, 3.8) is 0 Å². The highest BCUT2D eigenvalue weighted by atomic mass is 79.9. The van der Waals surface area contributed by atoms with Crippen LogP contribution in [-0.2, 0) is 0 Å². The van der Waals surface area contributed by atoms with Gasteiger partial charge in [-0.05, 0) is 29.8 Å². The van der Waals surface area contributed by atoms with Gasteiger partial charge in [0.25, 0.3) is 0 Å². The normalized spacial score (nSPS) is 12.4. The monoisotopic (exact) mass is 289 g/mol. The van der Waals surface area contributed by atoms with Gasteiger partial charge in [0.15, 0.2) is 0 Å². The summed E-state index contributed by atoms with van der Waals surface area (Å²) in [6.07, 6.45) is 0. The van der Waals surface area contributed by atoms with Gasteiger partial charge < -0.3 is 5.32 Å². The van der Waals surface area contributed by atoms with E-state index in [4.69, 9.17) is 0 Å². The van der Waals surface area contributed by atoms with Crippen LogP contribution in [0.25, 0.3) is 0 Å². The van der Waals surface area contributed by atoms with E-state index in [9.17, 15) is 0 Å². The highest BCUT2D eigenvalue weighted by Crippen LogP contribution is 2.23. The molecule has 88 valence electrons. The minimum atomic E-state index is 0.272. The fourth-order valence-corrected chi connectivity index (χ4v) is 2.20. The maximum Gasteiger partial charge on any atom is 0.0576 e. The minimum absolute atomic E-state index is 0.272. The Kier molecular flexibility index (Phi) is 4.35. The Hall–Kier alpha value is -1.12. The molecule has 1 unspecified atom stereocenters. The van der Waals surface area contributed by atoms with Crippen molar-refractivity contribution in [2.45, 2.75) is 13.0 Å². The van der Waals surface area contributed by atoms with Crippen molar-refractivity contribution in [1.29, 1.82) is 0 Å². The third-order valence-corrected chi connectivity index (χ3v) is 3.27. The molecular formula is C15H16BrN. The Morgan fingerprint density at radius 2 is 1.53 bits per heavy atom. The first-order valence-corrected chi connectivity index (χ1v) is 6.64. The molecule has 2 aromatic carbocycles. The molecule has 0 bridgehead atoms. The molecule has 0 aromatic heterocycles. The molecule has 0 fully saturated rings. The molecule has 17 heavy (non-hydrogen) atoms. The summed E-state index contributed by atoms with van der Waals surface area (Å²) >= 11 is 3.47. The van der Waals surface area contributed by atoms with E-state index in [-0.39, 0.29) is 6.04 Å². The summed E-state index contributed by atoms with van der Waals surface area (Å²) in [4.78, 5) is 0. The number of benzene rings is 2.